The molecule has 2 rings (SSSR count). The van der Waals surface area contributed by atoms with Crippen LogP contribution in [0, 0.1) is 10.1 Å². The minimum atomic E-state index is -0.576. The van der Waals surface area contributed by atoms with E-state index in [4.69, 9.17) is 5.73 Å². The van der Waals surface area contributed by atoms with Gasteiger partial charge in [-0.15, -0.1) is 0 Å². The first kappa shape index (κ1) is 13.1. The highest BCUT2D eigenvalue weighted by Gasteiger charge is 2.21. The van der Waals surface area contributed by atoms with Gasteiger partial charge in [-0.2, -0.15) is 0 Å². The highest BCUT2D eigenvalue weighted by Crippen LogP contribution is 2.23. The van der Waals surface area contributed by atoms with Crippen molar-refractivity contribution in [1.29, 1.82) is 0 Å². The molecule has 1 aliphatic rings. The van der Waals surface area contributed by atoms with Crippen molar-refractivity contribution < 1.29 is 9.72 Å². The highest BCUT2D eigenvalue weighted by molar-refractivity contribution is 5.95. The summed E-state index contributed by atoms with van der Waals surface area (Å²) < 4.78 is 0. The van der Waals surface area contributed by atoms with E-state index in [9.17, 15) is 14.9 Å². The number of carbonyl (C=O) groups is 1. The Bertz CT molecular complexity index is 566. The smallest absolute Gasteiger partial charge is 0.292 e. The number of nitro benzene ring substituents is 1. The van der Waals surface area contributed by atoms with E-state index in [1.807, 2.05) is 6.92 Å². The number of nitrogens with zero attached hydrogens (tertiary/aromatic N) is 2. The topological polar surface area (TPSA) is 89.5 Å². The molecule has 0 spiro atoms. The van der Waals surface area contributed by atoms with E-state index in [0.29, 0.717) is 18.7 Å². The molecule has 1 aliphatic heterocycles. The molecule has 0 unspecified atom stereocenters. The van der Waals surface area contributed by atoms with Gasteiger partial charge in [-0.25, -0.2) is 0 Å². The molecule has 0 radical (unpaired) electrons. The van der Waals surface area contributed by atoms with E-state index < -0.39 is 4.92 Å². The zero-order chi connectivity index (χ0) is 14.0. The number of carbonyl (C=O) groups excluding carboxylic acids is 1. The molecular weight excluding hydrogens is 246 g/mol. The second-order valence-electron chi connectivity index (χ2n) is 4.60. The minimum Gasteiger partial charge on any atom is -0.393 e. The number of anilines is 1. The van der Waals surface area contributed by atoms with Gasteiger partial charge in [0.15, 0.2) is 0 Å². The van der Waals surface area contributed by atoms with E-state index in [0.717, 1.165) is 12.0 Å². The molecule has 6 heteroatoms. The van der Waals surface area contributed by atoms with Crippen molar-refractivity contribution in [2.24, 2.45) is 0 Å². The molecule has 0 aliphatic carbocycles. The van der Waals surface area contributed by atoms with Crippen molar-refractivity contribution in [3.8, 4) is 0 Å². The molecule has 1 aromatic rings. The number of hydrogen-bond acceptors (Lipinski definition) is 4. The number of nitro groups is 1. The molecule has 0 saturated carbocycles. The van der Waals surface area contributed by atoms with Crippen LogP contribution in [-0.4, -0.2) is 28.8 Å². The van der Waals surface area contributed by atoms with Gasteiger partial charge >= 0.3 is 0 Å². The minimum absolute atomic E-state index is 0.0660. The molecular formula is C13H15N3O3. The van der Waals surface area contributed by atoms with Crippen molar-refractivity contribution in [3.05, 3.63) is 45.5 Å². The number of amides is 1. The molecule has 100 valence electrons. The zero-order valence-electron chi connectivity index (χ0n) is 10.6. The Labute approximate surface area is 110 Å². The van der Waals surface area contributed by atoms with E-state index in [1.54, 1.807) is 4.90 Å². The van der Waals surface area contributed by atoms with Crippen LogP contribution >= 0.6 is 0 Å². The van der Waals surface area contributed by atoms with Crippen molar-refractivity contribution in [1.82, 2.24) is 4.90 Å². The molecule has 0 aromatic heterocycles. The number of nitrogen functional groups attached to an aromatic ring is 1. The summed E-state index contributed by atoms with van der Waals surface area (Å²) in [5, 5.41) is 10.8. The lowest BCUT2D eigenvalue weighted by Crippen LogP contribution is -2.35. The number of rotatable bonds is 2. The van der Waals surface area contributed by atoms with Gasteiger partial charge in [0.2, 0.25) is 0 Å². The fourth-order valence-corrected chi connectivity index (χ4v) is 2.10. The Hall–Kier alpha value is -2.37. The predicted molar refractivity (Wildman–Crippen MR) is 71.8 cm³/mol. The lowest BCUT2D eigenvalue weighted by atomic mass is 10.1. The Kier molecular flexibility index (Phi) is 3.50. The molecule has 0 bridgehead atoms. The van der Waals surface area contributed by atoms with Crippen molar-refractivity contribution >= 4 is 17.3 Å². The molecule has 0 saturated heterocycles. The van der Waals surface area contributed by atoms with Gasteiger partial charge in [0.25, 0.3) is 11.6 Å². The summed E-state index contributed by atoms with van der Waals surface area (Å²) in [4.78, 5) is 24.2. The standard InChI is InChI=1S/C13H15N3O3/c1-9-3-2-6-15(8-9)13(17)10-4-5-11(14)12(7-10)16(18)19/h3-5,7H,2,6,8,14H2,1H3. The number of hydrogen-bond donors (Lipinski definition) is 1. The molecule has 6 nitrogen and oxygen atoms in total. The van der Waals surface area contributed by atoms with E-state index >= 15 is 0 Å². The summed E-state index contributed by atoms with van der Waals surface area (Å²) in [7, 11) is 0. The SMILES string of the molecule is CC1=CCCN(C(=O)c2ccc(N)c([N+](=O)[O-])c2)C1. The van der Waals surface area contributed by atoms with Crippen LogP contribution in [-0.2, 0) is 0 Å². The van der Waals surface area contributed by atoms with Crippen LogP contribution in [0.3, 0.4) is 0 Å². The molecule has 0 fully saturated rings. The van der Waals surface area contributed by atoms with Gasteiger partial charge in [0.1, 0.15) is 5.69 Å². The predicted octanol–water partition coefficient (Wildman–Crippen LogP) is 1.97. The van der Waals surface area contributed by atoms with Crippen molar-refractivity contribution in [2.75, 3.05) is 18.8 Å². The first-order valence-corrected chi connectivity index (χ1v) is 5.98. The second-order valence-corrected chi connectivity index (χ2v) is 4.60. The maximum absolute atomic E-state index is 12.3. The lowest BCUT2D eigenvalue weighted by molar-refractivity contribution is -0.383. The second kappa shape index (κ2) is 5.09. The Morgan fingerprint density at radius 2 is 2.21 bits per heavy atom. The summed E-state index contributed by atoms with van der Waals surface area (Å²) >= 11 is 0. The normalized spacial score (nSPS) is 15.0. The summed E-state index contributed by atoms with van der Waals surface area (Å²) in [5.74, 6) is -0.199. The molecule has 1 amide bonds. The monoisotopic (exact) mass is 261 g/mol. The molecule has 1 heterocycles. The molecule has 19 heavy (non-hydrogen) atoms. The quantitative estimate of drug-likeness (QED) is 0.381. The fourth-order valence-electron chi connectivity index (χ4n) is 2.10. The number of benzene rings is 1. The summed E-state index contributed by atoms with van der Waals surface area (Å²) in [5.41, 5.74) is 6.79. The molecule has 0 atom stereocenters. The summed E-state index contributed by atoms with van der Waals surface area (Å²) in [6.07, 6.45) is 2.91. The van der Waals surface area contributed by atoms with Crippen LogP contribution in [0.5, 0.6) is 0 Å². The average Bonchev–Trinajstić information content (AvgIpc) is 2.38. The van der Waals surface area contributed by atoms with Crippen molar-refractivity contribution in [2.45, 2.75) is 13.3 Å². The third-order valence-electron chi connectivity index (χ3n) is 3.09. The maximum Gasteiger partial charge on any atom is 0.292 e. The maximum atomic E-state index is 12.3. The van der Waals surface area contributed by atoms with E-state index in [-0.39, 0.29) is 17.3 Å². The highest BCUT2D eigenvalue weighted by atomic mass is 16.6. The lowest BCUT2D eigenvalue weighted by Gasteiger charge is -2.26. The number of nitrogens with two attached hydrogens (primary N) is 1. The Morgan fingerprint density at radius 3 is 2.84 bits per heavy atom. The van der Waals surface area contributed by atoms with Crippen LogP contribution < -0.4 is 5.73 Å². The van der Waals surface area contributed by atoms with Crippen LogP contribution in [0.4, 0.5) is 11.4 Å². The van der Waals surface area contributed by atoms with Crippen LogP contribution in [0.15, 0.2) is 29.8 Å². The summed E-state index contributed by atoms with van der Waals surface area (Å²) in [6, 6.07) is 4.17. The van der Waals surface area contributed by atoms with Crippen LogP contribution in [0.1, 0.15) is 23.7 Å². The van der Waals surface area contributed by atoms with E-state index in [2.05, 4.69) is 6.08 Å². The van der Waals surface area contributed by atoms with E-state index in [1.165, 1.54) is 18.2 Å². The zero-order valence-corrected chi connectivity index (χ0v) is 10.6. The molecule has 2 N–H and O–H groups in total. The third-order valence-corrected chi connectivity index (χ3v) is 3.09. The van der Waals surface area contributed by atoms with Gasteiger partial charge in [0.05, 0.1) is 4.92 Å². The first-order chi connectivity index (χ1) is 8.99. The Morgan fingerprint density at radius 1 is 1.47 bits per heavy atom. The summed E-state index contributed by atoms with van der Waals surface area (Å²) in [6.45, 7) is 3.16. The third kappa shape index (κ3) is 2.73. The van der Waals surface area contributed by atoms with Gasteiger partial charge in [-0.1, -0.05) is 11.6 Å². The molecule has 1 aromatic carbocycles. The fraction of sp³-hybridized carbons (Fsp3) is 0.308. The van der Waals surface area contributed by atoms with Gasteiger partial charge in [0, 0.05) is 24.7 Å². The van der Waals surface area contributed by atoms with Gasteiger partial charge in [-0.3, -0.25) is 14.9 Å². The van der Waals surface area contributed by atoms with Crippen molar-refractivity contribution in [3.63, 3.8) is 0 Å². The van der Waals surface area contributed by atoms with Crippen LogP contribution in [0.25, 0.3) is 0 Å². The van der Waals surface area contributed by atoms with Gasteiger partial charge in [-0.05, 0) is 25.5 Å². The largest absolute Gasteiger partial charge is 0.393 e. The van der Waals surface area contributed by atoms with Gasteiger partial charge < -0.3 is 10.6 Å². The van der Waals surface area contributed by atoms with Crippen LogP contribution in [0.2, 0.25) is 0 Å². The first-order valence-electron chi connectivity index (χ1n) is 5.98. The average molecular weight is 261 g/mol. The Balaban J connectivity index is 2.27.